The van der Waals surface area contributed by atoms with Crippen LogP contribution in [-0.2, 0) is 0 Å². The molecule has 2 heterocycles. The average Bonchev–Trinajstić information content (AvgIpc) is 2.86. The standard InChI is InChI=1S/C16H26N4S/c1-5-20(6-2)9-7-8-13(4)19-15-14-12(3)10-21-16(14)18-11-17-15/h10-11,13H,5-9H2,1-4H3,(H,17,18,19). The normalized spacial score (nSPS) is 13.0. The van der Waals surface area contributed by atoms with Crippen molar-refractivity contribution in [1.82, 2.24) is 14.9 Å². The number of anilines is 1. The van der Waals surface area contributed by atoms with Crippen LogP contribution in [-0.4, -0.2) is 40.5 Å². The number of nitrogens with zero attached hydrogens (tertiary/aromatic N) is 3. The van der Waals surface area contributed by atoms with Gasteiger partial charge in [0.25, 0.3) is 0 Å². The fourth-order valence-corrected chi connectivity index (χ4v) is 3.48. The first-order chi connectivity index (χ1) is 10.2. The molecular formula is C16H26N4S. The van der Waals surface area contributed by atoms with Crippen LogP contribution in [0, 0.1) is 6.92 Å². The highest BCUT2D eigenvalue weighted by Gasteiger charge is 2.11. The number of fused-ring (bicyclic) bond motifs is 1. The first-order valence-electron chi connectivity index (χ1n) is 7.83. The van der Waals surface area contributed by atoms with Gasteiger partial charge in [0.15, 0.2) is 0 Å². The second-order valence-electron chi connectivity index (χ2n) is 5.54. The van der Waals surface area contributed by atoms with E-state index < -0.39 is 0 Å². The van der Waals surface area contributed by atoms with Crippen molar-refractivity contribution in [2.75, 3.05) is 25.0 Å². The van der Waals surface area contributed by atoms with E-state index in [9.17, 15) is 0 Å². The van der Waals surface area contributed by atoms with Crippen LogP contribution in [0.3, 0.4) is 0 Å². The Labute approximate surface area is 131 Å². The number of nitrogens with one attached hydrogen (secondary N) is 1. The molecule has 0 aromatic carbocycles. The molecule has 2 aromatic rings. The molecule has 0 aliphatic heterocycles. The number of aryl methyl sites for hydroxylation is 1. The van der Waals surface area contributed by atoms with E-state index in [4.69, 9.17) is 0 Å². The van der Waals surface area contributed by atoms with Gasteiger partial charge in [-0.25, -0.2) is 9.97 Å². The molecular weight excluding hydrogens is 280 g/mol. The Morgan fingerprint density at radius 3 is 2.76 bits per heavy atom. The summed E-state index contributed by atoms with van der Waals surface area (Å²) in [4.78, 5) is 12.3. The highest BCUT2D eigenvalue weighted by atomic mass is 32.1. The van der Waals surface area contributed by atoms with E-state index in [0.29, 0.717) is 6.04 Å². The maximum Gasteiger partial charge on any atom is 0.138 e. The summed E-state index contributed by atoms with van der Waals surface area (Å²) < 4.78 is 0. The van der Waals surface area contributed by atoms with E-state index in [2.05, 4.69) is 53.3 Å². The minimum absolute atomic E-state index is 0.429. The Kier molecular flexibility index (Phi) is 5.94. The van der Waals surface area contributed by atoms with E-state index in [1.165, 1.54) is 23.9 Å². The first-order valence-corrected chi connectivity index (χ1v) is 8.71. The lowest BCUT2D eigenvalue weighted by Gasteiger charge is -2.20. The van der Waals surface area contributed by atoms with Crippen molar-refractivity contribution in [3.8, 4) is 0 Å². The molecule has 0 aliphatic rings. The SMILES string of the molecule is CCN(CC)CCCC(C)Nc1ncnc2scc(C)c12. The van der Waals surface area contributed by atoms with Crippen molar-refractivity contribution in [1.29, 1.82) is 0 Å². The zero-order valence-corrected chi connectivity index (χ0v) is 14.3. The van der Waals surface area contributed by atoms with Gasteiger partial charge in [-0.2, -0.15) is 0 Å². The molecule has 0 fully saturated rings. The van der Waals surface area contributed by atoms with Gasteiger partial charge in [-0.05, 0) is 57.3 Å². The number of hydrogen-bond donors (Lipinski definition) is 1. The highest BCUT2D eigenvalue weighted by Crippen LogP contribution is 2.28. The van der Waals surface area contributed by atoms with Gasteiger partial charge >= 0.3 is 0 Å². The van der Waals surface area contributed by atoms with E-state index in [1.807, 2.05) is 0 Å². The van der Waals surface area contributed by atoms with Crippen LogP contribution >= 0.6 is 11.3 Å². The van der Waals surface area contributed by atoms with E-state index in [0.717, 1.165) is 30.2 Å². The molecule has 2 aromatic heterocycles. The molecule has 116 valence electrons. The molecule has 5 heteroatoms. The van der Waals surface area contributed by atoms with Crippen LogP contribution in [0.15, 0.2) is 11.7 Å². The number of hydrogen-bond acceptors (Lipinski definition) is 5. The number of thiophene rings is 1. The minimum atomic E-state index is 0.429. The molecule has 0 saturated heterocycles. The van der Waals surface area contributed by atoms with Crippen LogP contribution in [0.1, 0.15) is 39.2 Å². The van der Waals surface area contributed by atoms with Crippen LogP contribution in [0.4, 0.5) is 5.82 Å². The van der Waals surface area contributed by atoms with Crippen molar-refractivity contribution < 1.29 is 0 Å². The van der Waals surface area contributed by atoms with Gasteiger partial charge in [-0.15, -0.1) is 11.3 Å². The van der Waals surface area contributed by atoms with Gasteiger partial charge in [0.1, 0.15) is 17.0 Å². The molecule has 4 nitrogen and oxygen atoms in total. The molecule has 1 unspecified atom stereocenters. The number of aromatic nitrogens is 2. The van der Waals surface area contributed by atoms with Crippen molar-refractivity contribution in [2.24, 2.45) is 0 Å². The highest BCUT2D eigenvalue weighted by molar-refractivity contribution is 7.17. The monoisotopic (exact) mass is 306 g/mol. The maximum atomic E-state index is 4.43. The summed E-state index contributed by atoms with van der Waals surface area (Å²) in [5.41, 5.74) is 1.26. The summed E-state index contributed by atoms with van der Waals surface area (Å²) in [6.45, 7) is 12.3. The third-order valence-electron chi connectivity index (χ3n) is 3.94. The molecule has 1 atom stereocenters. The van der Waals surface area contributed by atoms with Gasteiger partial charge in [-0.1, -0.05) is 13.8 Å². The second kappa shape index (κ2) is 7.71. The molecule has 2 rings (SSSR count). The number of rotatable bonds is 8. The average molecular weight is 306 g/mol. The lowest BCUT2D eigenvalue weighted by molar-refractivity contribution is 0.295. The van der Waals surface area contributed by atoms with Gasteiger partial charge in [0.05, 0.1) is 5.39 Å². The molecule has 0 aliphatic carbocycles. The van der Waals surface area contributed by atoms with Crippen LogP contribution < -0.4 is 5.32 Å². The Morgan fingerprint density at radius 1 is 1.29 bits per heavy atom. The fraction of sp³-hybridized carbons (Fsp3) is 0.625. The zero-order chi connectivity index (χ0) is 15.2. The van der Waals surface area contributed by atoms with Crippen LogP contribution in [0.2, 0.25) is 0 Å². The van der Waals surface area contributed by atoms with Gasteiger partial charge in [-0.3, -0.25) is 0 Å². The van der Waals surface area contributed by atoms with Crippen molar-refractivity contribution in [3.63, 3.8) is 0 Å². The molecule has 0 radical (unpaired) electrons. The van der Waals surface area contributed by atoms with E-state index in [1.54, 1.807) is 17.7 Å². The molecule has 21 heavy (non-hydrogen) atoms. The topological polar surface area (TPSA) is 41.0 Å². The minimum Gasteiger partial charge on any atom is -0.367 e. The summed E-state index contributed by atoms with van der Waals surface area (Å²) in [7, 11) is 0. The third-order valence-corrected chi connectivity index (χ3v) is 4.95. The predicted molar refractivity (Wildman–Crippen MR) is 92.3 cm³/mol. The Morgan fingerprint density at radius 2 is 2.05 bits per heavy atom. The molecule has 0 saturated carbocycles. The summed E-state index contributed by atoms with van der Waals surface area (Å²) in [5.74, 6) is 0.981. The fourth-order valence-electron chi connectivity index (χ4n) is 2.59. The lowest BCUT2D eigenvalue weighted by Crippen LogP contribution is -2.25. The predicted octanol–water partition coefficient (Wildman–Crippen LogP) is 3.92. The largest absolute Gasteiger partial charge is 0.367 e. The smallest absolute Gasteiger partial charge is 0.138 e. The summed E-state index contributed by atoms with van der Waals surface area (Å²) in [6, 6.07) is 0.429. The Hall–Kier alpha value is -1.20. The molecule has 0 amide bonds. The van der Waals surface area contributed by atoms with Gasteiger partial charge in [0, 0.05) is 6.04 Å². The molecule has 0 bridgehead atoms. The first kappa shape index (κ1) is 16.2. The van der Waals surface area contributed by atoms with Crippen LogP contribution in [0.25, 0.3) is 10.2 Å². The second-order valence-corrected chi connectivity index (χ2v) is 6.39. The Balaban J connectivity index is 1.92. The van der Waals surface area contributed by atoms with E-state index in [-0.39, 0.29) is 0 Å². The van der Waals surface area contributed by atoms with E-state index >= 15 is 0 Å². The summed E-state index contributed by atoms with van der Waals surface area (Å²) in [5, 5.41) is 6.89. The van der Waals surface area contributed by atoms with Crippen LogP contribution in [0.5, 0.6) is 0 Å². The van der Waals surface area contributed by atoms with Gasteiger partial charge < -0.3 is 10.2 Å². The zero-order valence-electron chi connectivity index (χ0n) is 13.5. The molecule has 1 N–H and O–H groups in total. The summed E-state index contributed by atoms with van der Waals surface area (Å²) in [6.07, 6.45) is 4.03. The lowest BCUT2D eigenvalue weighted by atomic mass is 10.1. The van der Waals surface area contributed by atoms with Crippen molar-refractivity contribution >= 4 is 27.4 Å². The summed E-state index contributed by atoms with van der Waals surface area (Å²) >= 11 is 1.69. The quantitative estimate of drug-likeness (QED) is 0.802. The van der Waals surface area contributed by atoms with Crippen molar-refractivity contribution in [3.05, 3.63) is 17.3 Å². The maximum absolute atomic E-state index is 4.43. The third kappa shape index (κ3) is 4.14. The molecule has 0 spiro atoms. The van der Waals surface area contributed by atoms with Crippen molar-refractivity contribution in [2.45, 2.75) is 46.6 Å². The Bertz CT molecular complexity index is 562. The van der Waals surface area contributed by atoms with Gasteiger partial charge in [0.2, 0.25) is 0 Å².